The first kappa shape index (κ1) is 27.5. The van der Waals surface area contributed by atoms with Crippen LogP contribution in [0.25, 0.3) is 0 Å². The molecule has 0 bridgehead atoms. The summed E-state index contributed by atoms with van der Waals surface area (Å²) < 4.78 is 11.4. The summed E-state index contributed by atoms with van der Waals surface area (Å²) in [5.41, 5.74) is 5.16. The third-order valence-corrected chi connectivity index (χ3v) is 5.17. The molecule has 8 nitrogen and oxygen atoms in total. The number of ether oxygens (including phenoxy) is 2. The molecule has 0 spiro atoms. The van der Waals surface area contributed by atoms with Crippen molar-refractivity contribution in [3.8, 4) is 5.88 Å². The quantitative estimate of drug-likeness (QED) is 0.359. The van der Waals surface area contributed by atoms with Crippen molar-refractivity contribution in [3.63, 3.8) is 0 Å². The third kappa shape index (κ3) is 9.65. The molecule has 1 N–H and O–H groups in total. The van der Waals surface area contributed by atoms with Gasteiger partial charge in [0.25, 0.3) is 0 Å². The zero-order valence-electron chi connectivity index (χ0n) is 21.6. The van der Waals surface area contributed by atoms with E-state index in [1.54, 1.807) is 6.21 Å². The molecule has 1 saturated heterocycles. The summed E-state index contributed by atoms with van der Waals surface area (Å²) in [6, 6.07) is 10.0. The van der Waals surface area contributed by atoms with Gasteiger partial charge in [-0.2, -0.15) is 10.1 Å². The van der Waals surface area contributed by atoms with Gasteiger partial charge in [-0.1, -0.05) is 39.8 Å². The highest BCUT2D eigenvalue weighted by molar-refractivity contribution is 5.76. The number of hydrazone groups is 1. The Kier molecular flexibility index (Phi) is 13.0. The maximum atomic E-state index is 6.03. The zero-order chi connectivity index (χ0) is 24.6. The van der Waals surface area contributed by atoms with Crippen molar-refractivity contribution in [2.24, 2.45) is 5.10 Å². The van der Waals surface area contributed by atoms with Gasteiger partial charge in [0.1, 0.15) is 12.4 Å². The molecule has 188 valence electrons. The molecule has 1 aliphatic rings. The molecule has 2 heterocycles. The summed E-state index contributed by atoms with van der Waals surface area (Å²) in [4.78, 5) is 13.9. The van der Waals surface area contributed by atoms with E-state index in [2.05, 4.69) is 52.1 Å². The highest BCUT2D eigenvalue weighted by Crippen LogP contribution is 2.18. The lowest BCUT2D eigenvalue weighted by molar-refractivity contribution is 0.0320. The standard InChI is InChI=1S/C24H36N6O2.C2H6/c1-4-9-30(10-5-2)23-18-24(32-16-13-29-11-14-31-15-12-29)27-22(26-23)19-25-28-21-8-6-7-20(3)17-21;1-2/h6-8,17-19,28H,4-5,9-16H2,1-3H3;1-2H3/b25-19+;. The SMILES string of the molecule is CC.CCCN(CCC)c1cc(OCCN2CCOCC2)nc(/C=N/Nc2cccc(C)c2)n1. The van der Waals surface area contributed by atoms with E-state index in [1.807, 2.05) is 38.1 Å². The number of aromatic nitrogens is 2. The van der Waals surface area contributed by atoms with E-state index in [1.165, 1.54) is 5.56 Å². The Bertz CT molecular complexity index is 849. The topological polar surface area (TPSA) is 75.1 Å². The van der Waals surface area contributed by atoms with Crippen molar-refractivity contribution < 1.29 is 9.47 Å². The first-order chi connectivity index (χ1) is 16.7. The van der Waals surface area contributed by atoms with Crippen LogP contribution in [0.4, 0.5) is 11.5 Å². The minimum absolute atomic E-state index is 0.529. The Labute approximate surface area is 205 Å². The summed E-state index contributed by atoms with van der Waals surface area (Å²) in [5, 5.41) is 4.34. The Balaban J connectivity index is 0.00000199. The molecule has 0 atom stereocenters. The van der Waals surface area contributed by atoms with Crippen LogP contribution in [-0.2, 0) is 4.74 Å². The van der Waals surface area contributed by atoms with Crippen LogP contribution in [0.5, 0.6) is 5.88 Å². The summed E-state index contributed by atoms with van der Waals surface area (Å²) in [5.74, 6) is 1.99. The van der Waals surface area contributed by atoms with Crippen molar-refractivity contribution in [3.05, 3.63) is 41.7 Å². The van der Waals surface area contributed by atoms with E-state index in [0.717, 1.165) is 70.3 Å². The van der Waals surface area contributed by atoms with Crippen molar-refractivity contribution in [1.82, 2.24) is 14.9 Å². The average molecular weight is 471 g/mol. The third-order valence-electron chi connectivity index (χ3n) is 5.17. The van der Waals surface area contributed by atoms with Gasteiger partial charge in [-0.25, -0.2) is 4.98 Å². The number of morpholine rings is 1. The predicted octanol–water partition coefficient (Wildman–Crippen LogP) is 4.59. The largest absolute Gasteiger partial charge is 0.476 e. The van der Waals surface area contributed by atoms with Crippen molar-refractivity contribution in [2.75, 3.05) is 62.9 Å². The first-order valence-electron chi connectivity index (χ1n) is 12.6. The van der Waals surface area contributed by atoms with Crippen LogP contribution in [-0.4, -0.2) is 73.6 Å². The van der Waals surface area contributed by atoms with Crippen LogP contribution >= 0.6 is 0 Å². The monoisotopic (exact) mass is 470 g/mol. The van der Waals surface area contributed by atoms with Crippen molar-refractivity contribution in [2.45, 2.75) is 47.5 Å². The van der Waals surface area contributed by atoms with Gasteiger partial charge in [0.2, 0.25) is 5.88 Å². The lowest BCUT2D eigenvalue weighted by Crippen LogP contribution is -2.38. The highest BCUT2D eigenvalue weighted by atomic mass is 16.5. The summed E-state index contributed by atoms with van der Waals surface area (Å²) in [6.45, 7) is 17.2. The van der Waals surface area contributed by atoms with Gasteiger partial charge in [0, 0.05) is 38.8 Å². The van der Waals surface area contributed by atoms with Crippen LogP contribution in [0.1, 0.15) is 51.9 Å². The lowest BCUT2D eigenvalue weighted by atomic mass is 10.2. The van der Waals surface area contributed by atoms with Crippen molar-refractivity contribution >= 4 is 17.7 Å². The molecule has 8 heteroatoms. The minimum Gasteiger partial charge on any atom is -0.476 e. The molecule has 1 aromatic heterocycles. The summed E-state index contributed by atoms with van der Waals surface area (Å²) in [7, 11) is 0. The van der Waals surface area contributed by atoms with E-state index >= 15 is 0 Å². The van der Waals surface area contributed by atoms with E-state index in [9.17, 15) is 0 Å². The molecule has 2 aromatic rings. The molecular weight excluding hydrogens is 428 g/mol. The number of hydrogen-bond acceptors (Lipinski definition) is 8. The van der Waals surface area contributed by atoms with Crippen LogP contribution in [0.2, 0.25) is 0 Å². The molecular formula is C26H42N6O2. The molecule has 0 unspecified atom stereocenters. The van der Waals surface area contributed by atoms with Gasteiger partial charge in [-0.15, -0.1) is 0 Å². The second-order valence-electron chi connectivity index (χ2n) is 7.95. The molecule has 0 amide bonds. The van der Waals surface area contributed by atoms with E-state index < -0.39 is 0 Å². The van der Waals surface area contributed by atoms with Crippen LogP contribution in [0, 0.1) is 6.92 Å². The fourth-order valence-electron chi connectivity index (χ4n) is 3.59. The molecule has 34 heavy (non-hydrogen) atoms. The van der Waals surface area contributed by atoms with Gasteiger partial charge in [-0.05, 0) is 37.5 Å². The Morgan fingerprint density at radius 2 is 1.85 bits per heavy atom. The predicted molar refractivity (Wildman–Crippen MR) is 141 cm³/mol. The van der Waals surface area contributed by atoms with Crippen LogP contribution in [0.3, 0.4) is 0 Å². The van der Waals surface area contributed by atoms with Crippen LogP contribution in [0.15, 0.2) is 35.4 Å². The lowest BCUT2D eigenvalue weighted by Gasteiger charge is -2.26. The molecule has 0 radical (unpaired) electrons. The molecule has 1 aliphatic heterocycles. The van der Waals surface area contributed by atoms with Crippen molar-refractivity contribution in [1.29, 1.82) is 0 Å². The first-order valence-corrected chi connectivity index (χ1v) is 12.6. The number of hydrogen-bond donors (Lipinski definition) is 1. The number of nitrogens with zero attached hydrogens (tertiary/aromatic N) is 5. The van der Waals surface area contributed by atoms with E-state index in [0.29, 0.717) is 18.3 Å². The Morgan fingerprint density at radius 3 is 2.53 bits per heavy atom. The average Bonchev–Trinajstić information content (AvgIpc) is 2.86. The van der Waals surface area contributed by atoms with Gasteiger partial charge in [0.15, 0.2) is 5.82 Å². The Morgan fingerprint density at radius 1 is 1.12 bits per heavy atom. The molecule has 1 fully saturated rings. The maximum Gasteiger partial charge on any atom is 0.219 e. The second-order valence-corrected chi connectivity index (χ2v) is 7.95. The smallest absolute Gasteiger partial charge is 0.219 e. The number of rotatable bonds is 12. The van der Waals surface area contributed by atoms with Gasteiger partial charge in [0.05, 0.1) is 25.1 Å². The summed E-state index contributed by atoms with van der Waals surface area (Å²) in [6.07, 6.45) is 3.75. The molecule has 3 rings (SSSR count). The normalized spacial score (nSPS) is 13.9. The molecule has 1 aromatic carbocycles. The number of aryl methyl sites for hydroxylation is 1. The van der Waals surface area contributed by atoms with Gasteiger partial charge < -0.3 is 14.4 Å². The van der Waals surface area contributed by atoms with E-state index in [4.69, 9.17) is 14.5 Å². The second kappa shape index (κ2) is 16.0. The van der Waals surface area contributed by atoms with Crippen LogP contribution < -0.4 is 15.1 Å². The molecule has 0 aliphatic carbocycles. The highest BCUT2D eigenvalue weighted by Gasteiger charge is 2.13. The van der Waals surface area contributed by atoms with Gasteiger partial charge in [-0.3, -0.25) is 10.3 Å². The van der Waals surface area contributed by atoms with E-state index in [-0.39, 0.29) is 0 Å². The number of nitrogens with one attached hydrogen (secondary N) is 1. The summed E-state index contributed by atoms with van der Waals surface area (Å²) >= 11 is 0. The minimum atomic E-state index is 0.529. The fourth-order valence-corrected chi connectivity index (χ4v) is 3.59. The Hall–Kier alpha value is -2.71. The van der Waals surface area contributed by atoms with Gasteiger partial charge >= 0.3 is 0 Å². The fraction of sp³-hybridized carbons (Fsp3) is 0.577. The number of anilines is 2. The zero-order valence-corrected chi connectivity index (χ0v) is 21.6. The maximum absolute atomic E-state index is 6.03. The molecule has 0 saturated carbocycles. The number of benzene rings is 1.